The molecule has 0 bridgehead atoms. The molecule has 1 fully saturated rings. The lowest BCUT2D eigenvalue weighted by Gasteiger charge is -2.32. The van der Waals surface area contributed by atoms with Crippen LogP contribution in [0.4, 0.5) is 13.2 Å². The fourth-order valence-electron chi connectivity index (χ4n) is 3.72. The standard InChI is InChI=1S/C24H21F3N4O2/c25-24(26,27)18-8-6-15(7-9-18)21(16-10-12-28-13-11-16)31-23(33)19-14-20(32)30-22(29-19)17-4-2-1-3-5-17/h1-13,19,21-22,29H,14H2,(H,30,32)(H,31,33). The number of hydrogen-bond acceptors (Lipinski definition) is 4. The molecule has 2 heterocycles. The Morgan fingerprint density at radius 2 is 1.61 bits per heavy atom. The maximum atomic E-state index is 13.2. The maximum absolute atomic E-state index is 13.2. The Labute approximate surface area is 188 Å². The molecule has 4 rings (SSSR count). The van der Waals surface area contributed by atoms with E-state index in [1.807, 2.05) is 30.3 Å². The van der Waals surface area contributed by atoms with Crippen molar-refractivity contribution in [2.24, 2.45) is 0 Å². The monoisotopic (exact) mass is 454 g/mol. The number of carbonyl (C=O) groups is 2. The number of benzene rings is 2. The molecular weight excluding hydrogens is 433 g/mol. The van der Waals surface area contributed by atoms with Gasteiger partial charge in [-0.2, -0.15) is 13.2 Å². The van der Waals surface area contributed by atoms with Gasteiger partial charge in [0.15, 0.2) is 0 Å². The second-order valence-corrected chi connectivity index (χ2v) is 7.68. The zero-order valence-electron chi connectivity index (χ0n) is 17.3. The van der Waals surface area contributed by atoms with Crippen molar-refractivity contribution in [3.8, 4) is 0 Å². The number of halogens is 3. The van der Waals surface area contributed by atoms with Gasteiger partial charge in [-0.3, -0.25) is 19.9 Å². The first-order valence-electron chi connectivity index (χ1n) is 10.3. The van der Waals surface area contributed by atoms with Gasteiger partial charge in [0.2, 0.25) is 11.8 Å². The molecule has 0 saturated carbocycles. The van der Waals surface area contributed by atoms with E-state index in [1.165, 1.54) is 24.5 Å². The summed E-state index contributed by atoms with van der Waals surface area (Å²) in [4.78, 5) is 29.4. The third-order valence-electron chi connectivity index (χ3n) is 5.41. The number of nitrogens with zero attached hydrogens (tertiary/aromatic N) is 1. The van der Waals surface area contributed by atoms with Crippen molar-refractivity contribution in [3.63, 3.8) is 0 Å². The highest BCUT2D eigenvalue weighted by atomic mass is 19.4. The highest BCUT2D eigenvalue weighted by molar-refractivity contribution is 5.90. The van der Waals surface area contributed by atoms with Crippen LogP contribution in [0.2, 0.25) is 0 Å². The van der Waals surface area contributed by atoms with E-state index in [-0.39, 0.29) is 12.3 Å². The summed E-state index contributed by atoms with van der Waals surface area (Å²) in [5.41, 5.74) is 1.15. The highest BCUT2D eigenvalue weighted by Gasteiger charge is 2.33. The minimum absolute atomic E-state index is 0.0642. The van der Waals surface area contributed by atoms with Gasteiger partial charge in [-0.15, -0.1) is 0 Å². The number of pyridine rings is 1. The lowest BCUT2D eigenvalue weighted by atomic mass is 9.97. The topological polar surface area (TPSA) is 83.1 Å². The van der Waals surface area contributed by atoms with Crippen LogP contribution in [0.15, 0.2) is 79.1 Å². The first-order chi connectivity index (χ1) is 15.8. The van der Waals surface area contributed by atoms with Crippen molar-refractivity contribution < 1.29 is 22.8 Å². The zero-order chi connectivity index (χ0) is 23.4. The minimum Gasteiger partial charge on any atom is -0.344 e. The summed E-state index contributed by atoms with van der Waals surface area (Å²) in [6, 6.07) is 15.6. The predicted octanol–water partition coefficient (Wildman–Crippen LogP) is 3.48. The van der Waals surface area contributed by atoms with Crippen molar-refractivity contribution in [2.45, 2.75) is 30.8 Å². The third-order valence-corrected chi connectivity index (χ3v) is 5.41. The quantitative estimate of drug-likeness (QED) is 0.551. The fourth-order valence-corrected chi connectivity index (χ4v) is 3.72. The van der Waals surface area contributed by atoms with Gasteiger partial charge < -0.3 is 10.6 Å². The fraction of sp³-hybridized carbons (Fsp3) is 0.208. The van der Waals surface area contributed by atoms with Gasteiger partial charge in [-0.1, -0.05) is 42.5 Å². The van der Waals surface area contributed by atoms with Gasteiger partial charge in [0, 0.05) is 12.4 Å². The Hall–Kier alpha value is -3.72. The van der Waals surface area contributed by atoms with Gasteiger partial charge in [-0.25, -0.2) is 0 Å². The molecule has 0 aliphatic carbocycles. The number of rotatable bonds is 5. The molecule has 2 aromatic carbocycles. The zero-order valence-corrected chi connectivity index (χ0v) is 17.3. The Kier molecular flexibility index (Phi) is 6.41. The van der Waals surface area contributed by atoms with Gasteiger partial charge in [-0.05, 0) is 41.0 Å². The third kappa shape index (κ3) is 5.38. The Morgan fingerprint density at radius 3 is 2.24 bits per heavy atom. The van der Waals surface area contributed by atoms with E-state index < -0.39 is 35.9 Å². The molecule has 3 unspecified atom stereocenters. The number of hydrogen-bond donors (Lipinski definition) is 3. The summed E-state index contributed by atoms with van der Waals surface area (Å²) < 4.78 is 39.0. The minimum atomic E-state index is -4.46. The van der Waals surface area contributed by atoms with Crippen LogP contribution in [0, 0.1) is 0 Å². The van der Waals surface area contributed by atoms with Gasteiger partial charge in [0.25, 0.3) is 0 Å². The van der Waals surface area contributed by atoms with Crippen LogP contribution in [-0.2, 0) is 15.8 Å². The lowest BCUT2D eigenvalue weighted by molar-refractivity contribution is -0.137. The van der Waals surface area contributed by atoms with E-state index in [4.69, 9.17) is 0 Å². The van der Waals surface area contributed by atoms with E-state index in [0.29, 0.717) is 11.1 Å². The smallest absolute Gasteiger partial charge is 0.344 e. The summed E-state index contributed by atoms with van der Waals surface area (Å²) in [5, 5.41) is 8.82. The Balaban J connectivity index is 1.57. The first kappa shape index (κ1) is 22.5. The number of aromatic nitrogens is 1. The molecule has 1 aliphatic heterocycles. The Bertz CT molecular complexity index is 1110. The summed E-state index contributed by atoms with van der Waals surface area (Å²) in [6.07, 6.45) is -1.98. The van der Waals surface area contributed by atoms with Crippen LogP contribution in [0.3, 0.4) is 0 Å². The van der Waals surface area contributed by atoms with Gasteiger partial charge in [0.05, 0.1) is 24.1 Å². The molecule has 3 atom stereocenters. The molecule has 9 heteroatoms. The summed E-state index contributed by atoms with van der Waals surface area (Å²) >= 11 is 0. The van der Waals surface area contributed by atoms with Crippen molar-refractivity contribution in [1.29, 1.82) is 0 Å². The molecule has 2 amide bonds. The second-order valence-electron chi connectivity index (χ2n) is 7.68. The molecule has 3 N–H and O–H groups in total. The molecule has 1 saturated heterocycles. The van der Waals surface area contributed by atoms with Gasteiger partial charge in [0.1, 0.15) is 6.17 Å². The summed E-state index contributed by atoms with van der Waals surface area (Å²) in [5.74, 6) is -0.717. The molecule has 0 radical (unpaired) electrons. The van der Waals surface area contributed by atoms with Crippen molar-refractivity contribution in [1.82, 2.24) is 20.9 Å². The average Bonchev–Trinajstić information content (AvgIpc) is 2.82. The number of amides is 2. The normalized spacial score (nSPS) is 19.4. The molecule has 170 valence electrons. The van der Waals surface area contributed by atoms with Gasteiger partial charge >= 0.3 is 6.18 Å². The van der Waals surface area contributed by atoms with Crippen LogP contribution >= 0.6 is 0 Å². The largest absolute Gasteiger partial charge is 0.416 e. The lowest BCUT2D eigenvalue weighted by Crippen LogP contribution is -2.56. The van der Waals surface area contributed by atoms with E-state index in [2.05, 4.69) is 20.9 Å². The molecule has 1 aromatic heterocycles. The molecular formula is C24H21F3N4O2. The van der Waals surface area contributed by atoms with Crippen LogP contribution in [0.5, 0.6) is 0 Å². The van der Waals surface area contributed by atoms with Crippen LogP contribution in [-0.4, -0.2) is 22.8 Å². The van der Waals surface area contributed by atoms with E-state index in [0.717, 1.165) is 17.7 Å². The summed E-state index contributed by atoms with van der Waals surface area (Å²) in [7, 11) is 0. The molecule has 0 spiro atoms. The van der Waals surface area contributed by atoms with E-state index in [1.54, 1.807) is 12.1 Å². The molecule has 6 nitrogen and oxygen atoms in total. The van der Waals surface area contributed by atoms with Crippen LogP contribution in [0.1, 0.15) is 40.9 Å². The molecule has 33 heavy (non-hydrogen) atoms. The average molecular weight is 454 g/mol. The number of carbonyl (C=O) groups excluding carboxylic acids is 2. The molecule has 3 aromatic rings. The highest BCUT2D eigenvalue weighted by Crippen LogP contribution is 2.31. The maximum Gasteiger partial charge on any atom is 0.416 e. The van der Waals surface area contributed by atoms with Crippen molar-refractivity contribution in [2.75, 3.05) is 0 Å². The first-order valence-corrected chi connectivity index (χ1v) is 10.3. The summed E-state index contributed by atoms with van der Waals surface area (Å²) in [6.45, 7) is 0. The number of alkyl halides is 3. The SMILES string of the molecule is O=C1CC(C(=O)NC(c2ccncc2)c2ccc(C(F)(F)F)cc2)NC(c2ccccc2)N1. The number of nitrogens with one attached hydrogen (secondary N) is 3. The van der Waals surface area contributed by atoms with Crippen molar-refractivity contribution in [3.05, 3.63) is 101 Å². The van der Waals surface area contributed by atoms with E-state index in [9.17, 15) is 22.8 Å². The predicted molar refractivity (Wildman–Crippen MR) is 115 cm³/mol. The van der Waals surface area contributed by atoms with Crippen LogP contribution in [0.25, 0.3) is 0 Å². The van der Waals surface area contributed by atoms with Crippen LogP contribution < -0.4 is 16.0 Å². The Morgan fingerprint density at radius 1 is 0.970 bits per heavy atom. The van der Waals surface area contributed by atoms with E-state index >= 15 is 0 Å². The molecule has 1 aliphatic rings. The second kappa shape index (κ2) is 9.41. The van der Waals surface area contributed by atoms with Crippen molar-refractivity contribution >= 4 is 11.8 Å².